The number of carbonyl (C=O) groups excluding carboxylic acids is 2. The SMILES string of the molecule is CN(C)C(=O)CN(C)C(=O)c1ccc2c(c1)CNCC2. The number of hydrogen-bond donors (Lipinski definition) is 1. The second kappa shape index (κ2) is 6.05. The van der Waals surface area contributed by atoms with Gasteiger partial charge < -0.3 is 15.1 Å². The molecule has 5 heteroatoms. The summed E-state index contributed by atoms with van der Waals surface area (Å²) >= 11 is 0. The minimum absolute atomic E-state index is 0.0829. The minimum Gasteiger partial charge on any atom is -0.347 e. The van der Waals surface area contributed by atoms with Crippen molar-refractivity contribution in [1.29, 1.82) is 0 Å². The number of fused-ring (bicyclic) bond motifs is 1. The van der Waals surface area contributed by atoms with E-state index in [0.29, 0.717) is 5.56 Å². The van der Waals surface area contributed by atoms with Gasteiger partial charge in [0.05, 0.1) is 6.54 Å². The number of rotatable bonds is 3. The lowest BCUT2D eigenvalue weighted by Gasteiger charge is -2.21. The van der Waals surface area contributed by atoms with Crippen LogP contribution in [0, 0.1) is 0 Å². The molecule has 2 rings (SSSR count). The summed E-state index contributed by atoms with van der Waals surface area (Å²) in [7, 11) is 5.03. The Morgan fingerprint density at radius 3 is 2.65 bits per heavy atom. The quantitative estimate of drug-likeness (QED) is 0.873. The van der Waals surface area contributed by atoms with Crippen LogP contribution in [-0.2, 0) is 17.8 Å². The van der Waals surface area contributed by atoms with Crippen molar-refractivity contribution in [3.05, 3.63) is 34.9 Å². The van der Waals surface area contributed by atoms with E-state index in [-0.39, 0.29) is 18.4 Å². The van der Waals surface area contributed by atoms with Crippen molar-refractivity contribution in [2.45, 2.75) is 13.0 Å². The number of hydrogen-bond acceptors (Lipinski definition) is 3. The van der Waals surface area contributed by atoms with Crippen LogP contribution in [0.3, 0.4) is 0 Å². The van der Waals surface area contributed by atoms with Gasteiger partial charge in [0, 0.05) is 33.3 Å². The Balaban J connectivity index is 2.10. The fourth-order valence-electron chi connectivity index (χ4n) is 2.25. The third kappa shape index (κ3) is 3.17. The Hall–Kier alpha value is -1.88. The Morgan fingerprint density at radius 2 is 1.95 bits per heavy atom. The van der Waals surface area contributed by atoms with Crippen molar-refractivity contribution in [2.24, 2.45) is 0 Å². The predicted molar refractivity (Wildman–Crippen MR) is 77.5 cm³/mol. The van der Waals surface area contributed by atoms with Gasteiger partial charge in [0.1, 0.15) is 0 Å². The molecular weight excluding hydrogens is 254 g/mol. The molecule has 0 bridgehead atoms. The van der Waals surface area contributed by atoms with Crippen molar-refractivity contribution in [2.75, 3.05) is 34.2 Å². The monoisotopic (exact) mass is 275 g/mol. The molecule has 0 radical (unpaired) electrons. The number of nitrogens with zero attached hydrogens (tertiary/aromatic N) is 2. The van der Waals surface area contributed by atoms with Gasteiger partial charge in [-0.25, -0.2) is 0 Å². The van der Waals surface area contributed by atoms with E-state index < -0.39 is 0 Å². The average Bonchev–Trinajstić information content (AvgIpc) is 2.45. The highest BCUT2D eigenvalue weighted by Gasteiger charge is 2.18. The third-order valence-electron chi connectivity index (χ3n) is 3.56. The number of nitrogens with one attached hydrogen (secondary N) is 1. The highest BCUT2D eigenvalue weighted by molar-refractivity contribution is 5.96. The molecule has 0 unspecified atom stereocenters. The predicted octanol–water partition coefficient (Wildman–Crippen LogP) is 0.492. The van der Waals surface area contributed by atoms with Crippen LogP contribution in [0.25, 0.3) is 0 Å². The zero-order chi connectivity index (χ0) is 14.7. The molecular formula is C15H21N3O2. The number of likely N-dealkylation sites (N-methyl/N-ethyl adjacent to an activating group) is 2. The lowest BCUT2D eigenvalue weighted by atomic mass is 9.98. The Kier molecular flexibility index (Phi) is 4.39. The topological polar surface area (TPSA) is 52.7 Å². The summed E-state index contributed by atoms with van der Waals surface area (Å²) in [6.07, 6.45) is 0.999. The molecule has 0 aromatic heterocycles. The second-order valence-electron chi connectivity index (χ2n) is 5.36. The Bertz CT molecular complexity index is 526. The summed E-state index contributed by atoms with van der Waals surface area (Å²) < 4.78 is 0. The summed E-state index contributed by atoms with van der Waals surface area (Å²) in [6, 6.07) is 5.80. The zero-order valence-electron chi connectivity index (χ0n) is 12.3. The van der Waals surface area contributed by atoms with Crippen LogP contribution < -0.4 is 5.32 Å². The maximum Gasteiger partial charge on any atom is 0.254 e. The van der Waals surface area contributed by atoms with Crippen LogP contribution in [-0.4, -0.2) is 55.8 Å². The van der Waals surface area contributed by atoms with Crippen molar-refractivity contribution >= 4 is 11.8 Å². The van der Waals surface area contributed by atoms with Crippen molar-refractivity contribution in [3.8, 4) is 0 Å². The molecule has 0 fully saturated rings. The van der Waals surface area contributed by atoms with Crippen LogP contribution >= 0.6 is 0 Å². The molecule has 1 aromatic rings. The maximum atomic E-state index is 12.3. The molecule has 1 aliphatic heterocycles. The van der Waals surface area contributed by atoms with E-state index in [2.05, 4.69) is 5.32 Å². The minimum atomic E-state index is -0.117. The second-order valence-corrected chi connectivity index (χ2v) is 5.36. The third-order valence-corrected chi connectivity index (χ3v) is 3.56. The summed E-state index contributed by atoms with van der Waals surface area (Å²) in [5, 5.41) is 3.30. The van der Waals surface area contributed by atoms with Crippen LogP contribution in [0.15, 0.2) is 18.2 Å². The van der Waals surface area contributed by atoms with E-state index in [9.17, 15) is 9.59 Å². The Morgan fingerprint density at radius 1 is 1.20 bits per heavy atom. The molecule has 1 N–H and O–H groups in total. The van der Waals surface area contributed by atoms with E-state index >= 15 is 0 Å². The highest BCUT2D eigenvalue weighted by Crippen LogP contribution is 2.16. The summed E-state index contributed by atoms with van der Waals surface area (Å²) in [4.78, 5) is 26.9. The molecule has 0 spiro atoms. The molecule has 1 heterocycles. The van der Waals surface area contributed by atoms with Gasteiger partial charge in [-0.3, -0.25) is 9.59 Å². The highest BCUT2D eigenvalue weighted by atomic mass is 16.2. The van der Waals surface area contributed by atoms with Gasteiger partial charge in [-0.2, -0.15) is 0 Å². The van der Waals surface area contributed by atoms with Crippen molar-refractivity contribution < 1.29 is 9.59 Å². The molecule has 0 aliphatic carbocycles. The lowest BCUT2D eigenvalue weighted by Crippen LogP contribution is -2.37. The molecule has 1 aromatic carbocycles. The van der Waals surface area contributed by atoms with Crippen LogP contribution in [0.5, 0.6) is 0 Å². The van der Waals surface area contributed by atoms with Gasteiger partial charge in [0.2, 0.25) is 5.91 Å². The van der Waals surface area contributed by atoms with Crippen molar-refractivity contribution in [3.63, 3.8) is 0 Å². The zero-order valence-corrected chi connectivity index (χ0v) is 12.3. The number of carbonyl (C=O) groups is 2. The molecule has 0 saturated heterocycles. The first-order valence-electron chi connectivity index (χ1n) is 6.77. The largest absolute Gasteiger partial charge is 0.347 e. The van der Waals surface area contributed by atoms with Crippen molar-refractivity contribution in [1.82, 2.24) is 15.1 Å². The summed E-state index contributed by atoms with van der Waals surface area (Å²) in [5.41, 5.74) is 3.11. The molecule has 5 nitrogen and oxygen atoms in total. The van der Waals surface area contributed by atoms with Gasteiger partial charge in [0.25, 0.3) is 5.91 Å². The number of benzene rings is 1. The summed E-state index contributed by atoms with van der Waals surface area (Å²) in [5.74, 6) is -0.200. The van der Waals surface area contributed by atoms with Gasteiger partial charge >= 0.3 is 0 Å². The van der Waals surface area contributed by atoms with E-state index in [1.807, 2.05) is 18.2 Å². The molecule has 20 heavy (non-hydrogen) atoms. The van der Waals surface area contributed by atoms with Crippen LogP contribution in [0.4, 0.5) is 0 Å². The normalized spacial score (nSPS) is 13.6. The van der Waals surface area contributed by atoms with E-state index in [1.54, 1.807) is 21.1 Å². The fraction of sp³-hybridized carbons (Fsp3) is 0.467. The van der Waals surface area contributed by atoms with Crippen LogP contribution in [0.1, 0.15) is 21.5 Å². The maximum absolute atomic E-state index is 12.3. The first kappa shape index (κ1) is 14.5. The lowest BCUT2D eigenvalue weighted by molar-refractivity contribution is -0.129. The Labute approximate surface area is 119 Å². The molecule has 1 aliphatic rings. The van der Waals surface area contributed by atoms with Gasteiger partial charge in [-0.05, 0) is 36.2 Å². The first-order valence-corrected chi connectivity index (χ1v) is 6.77. The molecule has 108 valence electrons. The molecule has 2 amide bonds. The smallest absolute Gasteiger partial charge is 0.254 e. The number of amides is 2. The van der Waals surface area contributed by atoms with Gasteiger partial charge in [0.15, 0.2) is 0 Å². The first-order chi connectivity index (χ1) is 9.49. The van der Waals surface area contributed by atoms with Crippen LogP contribution in [0.2, 0.25) is 0 Å². The molecule has 0 atom stereocenters. The van der Waals surface area contributed by atoms with Gasteiger partial charge in [-0.1, -0.05) is 6.07 Å². The standard InChI is InChI=1S/C15H21N3O2/c1-17(2)14(19)10-18(3)15(20)12-5-4-11-6-7-16-9-13(11)8-12/h4-5,8,16H,6-7,9-10H2,1-3H3. The van der Waals surface area contributed by atoms with Gasteiger partial charge in [-0.15, -0.1) is 0 Å². The van der Waals surface area contributed by atoms with E-state index in [4.69, 9.17) is 0 Å². The fourth-order valence-corrected chi connectivity index (χ4v) is 2.25. The average molecular weight is 275 g/mol. The molecule has 0 saturated carbocycles. The van der Waals surface area contributed by atoms with E-state index in [1.165, 1.54) is 20.9 Å². The van der Waals surface area contributed by atoms with E-state index in [0.717, 1.165) is 19.5 Å². The summed E-state index contributed by atoms with van der Waals surface area (Å²) in [6.45, 7) is 1.88.